The molecule has 0 N–H and O–H groups in total. The van der Waals surface area contributed by atoms with Crippen LogP contribution in [0, 0.1) is 5.82 Å². The van der Waals surface area contributed by atoms with E-state index in [-0.39, 0.29) is 11.4 Å². The summed E-state index contributed by atoms with van der Waals surface area (Å²) in [4.78, 5) is 4.99. The van der Waals surface area contributed by atoms with Gasteiger partial charge in [0.1, 0.15) is 18.2 Å². The van der Waals surface area contributed by atoms with Gasteiger partial charge in [-0.2, -0.15) is 0 Å². The molecule has 1 aromatic rings. The summed E-state index contributed by atoms with van der Waals surface area (Å²) >= 11 is 0. The van der Waals surface area contributed by atoms with Crippen LogP contribution in [-0.2, 0) is 4.74 Å². The third kappa shape index (κ3) is 3.59. The van der Waals surface area contributed by atoms with E-state index in [9.17, 15) is 4.39 Å². The zero-order chi connectivity index (χ0) is 15.4. The highest BCUT2D eigenvalue weighted by molar-refractivity contribution is 5.22. The molecular weight excluding hydrogens is 283 g/mol. The van der Waals surface area contributed by atoms with Crippen molar-refractivity contribution in [3.63, 3.8) is 0 Å². The maximum absolute atomic E-state index is 12.9. The Morgan fingerprint density at radius 3 is 2.64 bits per heavy atom. The summed E-state index contributed by atoms with van der Waals surface area (Å²) in [5, 5.41) is 0. The van der Waals surface area contributed by atoms with E-state index >= 15 is 0 Å². The number of rotatable bonds is 4. The van der Waals surface area contributed by atoms with Gasteiger partial charge in [-0.1, -0.05) is 0 Å². The topological polar surface area (TPSA) is 24.9 Å². The van der Waals surface area contributed by atoms with Gasteiger partial charge in [-0.15, -0.1) is 0 Å². The van der Waals surface area contributed by atoms with Gasteiger partial charge in [0.2, 0.25) is 0 Å². The van der Waals surface area contributed by atoms with Crippen molar-refractivity contribution in [3.05, 3.63) is 30.1 Å². The van der Waals surface area contributed by atoms with Crippen molar-refractivity contribution in [1.82, 2.24) is 9.80 Å². The Morgan fingerprint density at radius 2 is 1.91 bits per heavy atom. The van der Waals surface area contributed by atoms with Crippen LogP contribution in [0.5, 0.6) is 5.75 Å². The number of likely N-dealkylation sites (N-methyl/N-ethyl adjacent to an activating group) is 1. The number of hydrogen-bond donors (Lipinski definition) is 0. The molecule has 2 fully saturated rings. The lowest BCUT2D eigenvalue weighted by Gasteiger charge is -2.51. The van der Waals surface area contributed by atoms with Crippen LogP contribution in [0.3, 0.4) is 0 Å². The number of piperazine rings is 1. The molecule has 22 heavy (non-hydrogen) atoms. The average Bonchev–Trinajstić information content (AvgIpc) is 2.54. The third-order valence-corrected chi connectivity index (χ3v) is 4.99. The van der Waals surface area contributed by atoms with Gasteiger partial charge in [0, 0.05) is 44.9 Å². The van der Waals surface area contributed by atoms with E-state index in [1.54, 1.807) is 12.1 Å². The van der Waals surface area contributed by atoms with Crippen LogP contribution in [0.4, 0.5) is 4.39 Å². The molecule has 0 saturated carbocycles. The quantitative estimate of drug-likeness (QED) is 0.849. The lowest BCUT2D eigenvalue weighted by atomic mass is 9.86. The summed E-state index contributed by atoms with van der Waals surface area (Å²) in [6, 6.07) is 6.23. The molecule has 5 heteroatoms. The molecule has 122 valence electrons. The van der Waals surface area contributed by atoms with E-state index in [0.29, 0.717) is 6.61 Å². The Labute approximate surface area is 131 Å². The van der Waals surface area contributed by atoms with Crippen LogP contribution in [0.1, 0.15) is 12.8 Å². The highest BCUT2D eigenvalue weighted by Crippen LogP contribution is 2.30. The summed E-state index contributed by atoms with van der Waals surface area (Å²) in [6.07, 6.45) is 2.22. The molecule has 0 unspecified atom stereocenters. The van der Waals surface area contributed by atoms with Crippen molar-refractivity contribution >= 4 is 0 Å². The van der Waals surface area contributed by atoms with Gasteiger partial charge in [-0.25, -0.2) is 4.39 Å². The zero-order valence-corrected chi connectivity index (χ0v) is 13.3. The fourth-order valence-corrected chi connectivity index (χ4v) is 3.45. The largest absolute Gasteiger partial charge is 0.492 e. The monoisotopic (exact) mass is 308 g/mol. The molecule has 2 aliphatic rings. The van der Waals surface area contributed by atoms with E-state index in [1.807, 2.05) is 0 Å². The third-order valence-electron chi connectivity index (χ3n) is 4.99. The van der Waals surface area contributed by atoms with Gasteiger partial charge >= 0.3 is 0 Å². The molecule has 1 aromatic carbocycles. The first-order valence-electron chi connectivity index (χ1n) is 8.08. The molecule has 0 aromatic heterocycles. The number of nitrogens with zero attached hydrogens (tertiary/aromatic N) is 2. The molecule has 4 nitrogen and oxygen atoms in total. The lowest BCUT2D eigenvalue weighted by molar-refractivity contribution is -0.0622. The Balaban J connectivity index is 1.49. The number of hydrogen-bond acceptors (Lipinski definition) is 4. The SMILES string of the molecule is CN1CCN(CCOc2ccc(F)cc2)CC12CCOCC2. The number of benzene rings is 1. The summed E-state index contributed by atoms with van der Waals surface area (Å²) in [6.45, 7) is 6.53. The first kappa shape index (κ1) is 15.7. The van der Waals surface area contributed by atoms with E-state index in [0.717, 1.165) is 58.0 Å². The lowest BCUT2D eigenvalue weighted by Crippen LogP contribution is -2.63. The predicted molar refractivity (Wildman–Crippen MR) is 83.7 cm³/mol. The standard InChI is InChI=1S/C17H25FN2O2/c1-19-8-9-20(14-17(19)6-11-21-12-7-17)10-13-22-16-4-2-15(18)3-5-16/h2-5H,6-14H2,1H3. The van der Waals surface area contributed by atoms with Crippen LogP contribution in [0.25, 0.3) is 0 Å². The summed E-state index contributed by atoms with van der Waals surface area (Å²) < 4.78 is 24.1. The second kappa shape index (κ2) is 6.94. The van der Waals surface area contributed by atoms with Gasteiger partial charge in [0.15, 0.2) is 0 Å². The van der Waals surface area contributed by atoms with Crippen molar-refractivity contribution in [3.8, 4) is 5.75 Å². The molecule has 3 rings (SSSR count). The molecule has 2 aliphatic heterocycles. The Bertz CT molecular complexity index is 474. The molecule has 0 radical (unpaired) electrons. The molecule has 0 amide bonds. The van der Waals surface area contributed by atoms with Crippen LogP contribution >= 0.6 is 0 Å². The number of ether oxygens (including phenoxy) is 2. The zero-order valence-electron chi connectivity index (χ0n) is 13.3. The fraction of sp³-hybridized carbons (Fsp3) is 0.647. The van der Waals surface area contributed by atoms with E-state index in [2.05, 4.69) is 16.8 Å². The first-order valence-corrected chi connectivity index (χ1v) is 8.08. The van der Waals surface area contributed by atoms with E-state index in [1.165, 1.54) is 12.1 Å². The first-order chi connectivity index (χ1) is 10.7. The highest BCUT2D eigenvalue weighted by atomic mass is 19.1. The Hall–Kier alpha value is -1.17. The van der Waals surface area contributed by atoms with Gasteiger partial charge in [-0.3, -0.25) is 9.80 Å². The van der Waals surface area contributed by atoms with Crippen molar-refractivity contribution in [2.45, 2.75) is 18.4 Å². The minimum Gasteiger partial charge on any atom is -0.492 e. The number of halogens is 1. The predicted octanol–water partition coefficient (Wildman–Crippen LogP) is 2.00. The van der Waals surface area contributed by atoms with Crippen LogP contribution in [0.2, 0.25) is 0 Å². The van der Waals surface area contributed by atoms with Crippen molar-refractivity contribution < 1.29 is 13.9 Å². The van der Waals surface area contributed by atoms with E-state index in [4.69, 9.17) is 9.47 Å². The molecule has 0 atom stereocenters. The van der Waals surface area contributed by atoms with Gasteiger partial charge in [0.25, 0.3) is 0 Å². The maximum Gasteiger partial charge on any atom is 0.123 e. The Morgan fingerprint density at radius 1 is 1.18 bits per heavy atom. The summed E-state index contributed by atoms with van der Waals surface area (Å²) in [5.41, 5.74) is 0.270. The molecule has 0 bridgehead atoms. The highest BCUT2D eigenvalue weighted by Gasteiger charge is 2.40. The van der Waals surface area contributed by atoms with Crippen LogP contribution in [0.15, 0.2) is 24.3 Å². The smallest absolute Gasteiger partial charge is 0.123 e. The minimum absolute atomic E-state index is 0.229. The second-order valence-corrected chi connectivity index (χ2v) is 6.34. The molecule has 0 aliphatic carbocycles. The molecule has 2 heterocycles. The van der Waals surface area contributed by atoms with Gasteiger partial charge < -0.3 is 9.47 Å². The molecular formula is C17H25FN2O2. The average molecular weight is 308 g/mol. The normalized spacial score (nSPS) is 22.8. The molecule has 2 saturated heterocycles. The van der Waals surface area contributed by atoms with E-state index < -0.39 is 0 Å². The van der Waals surface area contributed by atoms with Crippen molar-refractivity contribution in [2.24, 2.45) is 0 Å². The second-order valence-electron chi connectivity index (χ2n) is 6.34. The summed E-state index contributed by atoms with van der Waals surface area (Å²) in [5.74, 6) is 0.504. The van der Waals surface area contributed by atoms with Gasteiger partial charge in [0.05, 0.1) is 0 Å². The van der Waals surface area contributed by atoms with Gasteiger partial charge in [-0.05, 0) is 44.2 Å². The van der Waals surface area contributed by atoms with Crippen LogP contribution < -0.4 is 4.74 Å². The molecule has 1 spiro atoms. The fourth-order valence-electron chi connectivity index (χ4n) is 3.45. The maximum atomic E-state index is 12.9. The Kier molecular flexibility index (Phi) is 4.96. The minimum atomic E-state index is -0.229. The summed E-state index contributed by atoms with van der Waals surface area (Å²) in [7, 11) is 2.23. The van der Waals surface area contributed by atoms with Crippen molar-refractivity contribution in [1.29, 1.82) is 0 Å². The van der Waals surface area contributed by atoms with Crippen molar-refractivity contribution in [2.75, 3.05) is 53.0 Å². The van der Waals surface area contributed by atoms with Crippen LogP contribution in [-0.4, -0.2) is 68.4 Å².